The third-order valence-corrected chi connectivity index (χ3v) is 6.33. The van der Waals surface area contributed by atoms with E-state index in [1.807, 2.05) is 12.1 Å². The van der Waals surface area contributed by atoms with Crippen LogP contribution in [-0.2, 0) is 21.4 Å². The molecule has 2 N–H and O–H groups in total. The Kier molecular flexibility index (Phi) is 10.0. The van der Waals surface area contributed by atoms with Crippen LogP contribution in [0.25, 0.3) is 0 Å². The van der Waals surface area contributed by atoms with Gasteiger partial charge >= 0.3 is 0 Å². The van der Waals surface area contributed by atoms with Crippen molar-refractivity contribution in [2.24, 2.45) is 5.92 Å². The van der Waals surface area contributed by atoms with Crippen LogP contribution >= 0.6 is 11.6 Å². The average Bonchev–Trinajstić information content (AvgIpc) is 2.80. The minimum absolute atomic E-state index is 0.0910. The molecule has 33 heavy (non-hydrogen) atoms. The van der Waals surface area contributed by atoms with Gasteiger partial charge in [0.1, 0.15) is 12.6 Å². The molecule has 0 spiro atoms. The van der Waals surface area contributed by atoms with Crippen molar-refractivity contribution in [2.45, 2.75) is 33.4 Å². The van der Waals surface area contributed by atoms with Gasteiger partial charge in [0, 0.05) is 17.1 Å². The van der Waals surface area contributed by atoms with Crippen LogP contribution < -0.4 is 19.5 Å². The van der Waals surface area contributed by atoms with Crippen molar-refractivity contribution in [1.29, 1.82) is 0 Å². The summed E-state index contributed by atoms with van der Waals surface area (Å²) < 4.78 is 37.3. The first-order valence-electron chi connectivity index (χ1n) is 10.5. The van der Waals surface area contributed by atoms with E-state index in [0.717, 1.165) is 11.1 Å². The van der Waals surface area contributed by atoms with Gasteiger partial charge in [-0.05, 0) is 54.8 Å². The highest BCUT2D eigenvalue weighted by molar-refractivity contribution is 7.89. The number of sulfonamides is 1. The number of carbonyl (C=O) groups excluding carboxylic acids is 1. The van der Waals surface area contributed by atoms with Crippen LogP contribution in [0.1, 0.15) is 31.9 Å². The third-order valence-electron chi connectivity index (χ3n) is 4.71. The monoisotopic (exact) mass is 492 g/mol. The smallest absolute Gasteiger partial charge is 0.238 e. The maximum atomic E-state index is 12.6. The molecule has 0 heterocycles. The molecular formula is C24H29ClN2O5S. The number of nitrogens with one attached hydrogen (secondary N) is 2. The first-order valence-corrected chi connectivity index (χ1v) is 12.5. The van der Waals surface area contributed by atoms with Crippen LogP contribution in [0, 0.1) is 17.8 Å². The Labute approximate surface area is 200 Å². The lowest BCUT2D eigenvalue weighted by molar-refractivity contribution is -0.123. The zero-order chi connectivity index (χ0) is 24.4. The predicted molar refractivity (Wildman–Crippen MR) is 130 cm³/mol. The quantitative estimate of drug-likeness (QED) is 0.496. The Morgan fingerprint density at radius 3 is 2.42 bits per heavy atom. The molecule has 0 aliphatic heterocycles. The van der Waals surface area contributed by atoms with Gasteiger partial charge in [0.2, 0.25) is 15.9 Å². The van der Waals surface area contributed by atoms with Gasteiger partial charge in [0.05, 0.1) is 12.9 Å². The number of rotatable bonds is 10. The fourth-order valence-corrected chi connectivity index (χ4v) is 3.85. The molecule has 2 aromatic carbocycles. The van der Waals surface area contributed by atoms with Crippen LogP contribution in [0.3, 0.4) is 0 Å². The van der Waals surface area contributed by atoms with E-state index in [1.165, 1.54) is 14.0 Å². The van der Waals surface area contributed by atoms with Gasteiger partial charge in [-0.15, -0.1) is 0 Å². The lowest BCUT2D eigenvalue weighted by atomic mass is 10.0. The van der Waals surface area contributed by atoms with E-state index >= 15 is 0 Å². The van der Waals surface area contributed by atoms with Crippen LogP contribution in [0.4, 0.5) is 0 Å². The largest absolute Gasteiger partial charge is 0.493 e. The number of methoxy groups -OCH3 is 1. The third kappa shape index (κ3) is 8.61. The summed E-state index contributed by atoms with van der Waals surface area (Å²) in [6, 6.07) is 11.6. The summed E-state index contributed by atoms with van der Waals surface area (Å²) in [5, 5.41) is 3.43. The summed E-state index contributed by atoms with van der Waals surface area (Å²) in [6.07, 6.45) is 0. The van der Waals surface area contributed by atoms with Crippen LogP contribution in [0.2, 0.25) is 5.02 Å². The summed E-state index contributed by atoms with van der Waals surface area (Å²) in [4.78, 5) is 12.6. The number of hydrogen-bond donors (Lipinski definition) is 2. The van der Waals surface area contributed by atoms with Crippen molar-refractivity contribution in [3.8, 4) is 23.3 Å². The molecule has 178 valence electrons. The van der Waals surface area contributed by atoms with Crippen molar-refractivity contribution in [2.75, 3.05) is 19.5 Å². The Morgan fingerprint density at radius 1 is 1.12 bits per heavy atom. The topological polar surface area (TPSA) is 93.7 Å². The molecule has 2 rings (SSSR count). The van der Waals surface area contributed by atoms with Gasteiger partial charge in [0.25, 0.3) is 0 Å². The van der Waals surface area contributed by atoms with Crippen LogP contribution in [0.15, 0.2) is 42.5 Å². The second-order valence-electron chi connectivity index (χ2n) is 7.54. The second-order valence-corrected chi connectivity index (χ2v) is 10.0. The van der Waals surface area contributed by atoms with Crippen molar-refractivity contribution < 1.29 is 22.7 Å². The Hall–Kier alpha value is -2.73. The molecule has 0 saturated heterocycles. The Bertz CT molecular complexity index is 1110. The SMILES string of the molecule is CCS(=O)(=O)NC(C(=O)NCc1ccc(OCC#Cc2ccc(Cl)cc2)c(OC)c1)C(C)C. The van der Waals surface area contributed by atoms with Gasteiger partial charge in [-0.25, -0.2) is 13.1 Å². The number of ether oxygens (including phenoxy) is 2. The van der Waals surface area contributed by atoms with E-state index in [9.17, 15) is 13.2 Å². The highest BCUT2D eigenvalue weighted by Crippen LogP contribution is 2.28. The van der Waals surface area contributed by atoms with Crippen molar-refractivity contribution in [3.63, 3.8) is 0 Å². The van der Waals surface area contributed by atoms with Gasteiger partial charge in [-0.3, -0.25) is 4.79 Å². The fraction of sp³-hybridized carbons (Fsp3) is 0.375. The van der Waals surface area contributed by atoms with Crippen molar-refractivity contribution >= 4 is 27.5 Å². The molecule has 0 aliphatic rings. The summed E-state index contributed by atoms with van der Waals surface area (Å²) in [6.45, 7) is 5.48. The zero-order valence-corrected chi connectivity index (χ0v) is 20.7. The van der Waals surface area contributed by atoms with Crippen molar-refractivity contribution in [1.82, 2.24) is 10.0 Å². The predicted octanol–water partition coefficient (Wildman–Crippen LogP) is 3.36. The fourth-order valence-electron chi connectivity index (χ4n) is 2.79. The molecule has 1 amide bonds. The number of benzene rings is 2. The van der Waals surface area contributed by atoms with Gasteiger partial charge in [-0.1, -0.05) is 43.4 Å². The van der Waals surface area contributed by atoms with Gasteiger partial charge < -0.3 is 14.8 Å². The molecule has 0 bridgehead atoms. The first kappa shape index (κ1) is 26.5. The van der Waals surface area contributed by atoms with E-state index in [0.29, 0.717) is 16.5 Å². The molecule has 9 heteroatoms. The lowest BCUT2D eigenvalue weighted by Crippen LogP contribution is -2.49. The first-order chi connectivity index (χ1) is 15.6. The van der Waals surface area contributed by atoms with Gasteiger partial charge in [0.15, 0.2) is 11.5 Å². The molecule has 0 aromatic heterocycles. The standard InChI is InChI=1S/C24H29ClN2O5S/c1-5-33(29,30)27-23(17(2)3)24(28)26-16-19-10-13-21(22(15-19)31-4)32-14-6-7-18-8-11-20(25)12-9-18/h8-13,15,17,23,27H,5,14,16H2,1-4H3,(H,26,28). The Morgan fingerprint density at radius 2 is 1.82 bits per heavy atom. The van der Waals surface area contributed by atoms with E-state index in [2.05, 4.69) is 21.9 Å². The second kappa shape index (κ2) is 12.5. The summed E-state index contributed by atoms with van der Waals surface area (Å²) in [5.41, 5.74) is 1.61. The maximum Gasteiger partial charge on any atom is 0.238 e. The van der Waals surface area contributed by atoms with E-state index in [-0.39, 0.29) is 24.8 Å². The highest BCUT2D eigenvalue weighted by Gasteiger charge is 2.26. The van der Waals surface area contributed by atoms with E-state index in [4.69, 9.17) is 21.1 Å². The van der Waals surface area contributed by atoms with Crippen molar-refractivity contribution in [3.05, 3.63) is 58.6 Å². The minimum Gasteiger partial charge on any atom is -0.493 e. The zero-order valence-electron chi connectivity index (χ0n) is 19.1. The number of carbonyl (C=O) groups is 1. The molecule has 1 atom stereocenters. The Balaban J connectivity index is 1.98. The molecule has 7 nitrogen and oxygen atoms in total. The minimum atomic E-state index is -3.50. The molecule has 2 aromatic rings. The molecular weight excluding hydrogens is 464 g/mol. The van der Waals surface area contributed by atoms with E-state index < -0.39 is 22.0 Å². The maximum absolute atomic E-state index is 12.6. The molecule has 0 radical (unpaired) electrons. The lowest BCUT2D eigenvalue weighted by Gasteiger charge is -2.21. The molecule has 0 saturated carbocycles. The summed E-state index contributed by atoms with van der Waals surface area (Å²) in [5.74, 6) is 6.27. The number of amides is 1. The van der Waals surface area contributed by atoms with Gasteiger partial charge in [-0.2, -0.15) is 0 Å². The van der Waals surface area contributed by atoms with Crippen LogP contribution in [0.5, 0.6) is 11.5 Å². The normalized spacial score (nSPS) is 11.9. The highest BCUT2D eigenvalue weighted by atomic mass is 35.5. The summed E-state index contributed by atoms with van der Waals surface area (Å²) in [7, 11) is -1.98. The van der Waals surface area contributed by atoms with Crippen LogP contribution in [-0.4, -0.2) is 39.8 Å². The summed E-state index contributed by atoms with van der Waals surface area (Å²) >= 11 is 5.86. The molecule has 1 unspecified atom stereocenters. The molecule has 0 aliphatic carbocycles. The average molecular weight is 493 g/mol. The van der Waals surface area contributed by atoms with E-state index in [1.54, 1.807) is 44.2 Å². The molecule has 0 fully saturated rings. The number of halogens is 1. The number of hydrogen-bond acceptors (Lipinski definition) is 5.